The van der Waals surface area contributed by atoms with Crippen molar-refractivity contribution in [3.63, 3.8) is 0 Å². The van der Waals surface area contributed by atoms with Gasteiger partial charge in [0.05, 0.1) is 11.2 Å². The monoisotopic (exact) mass is 238 g/mol. The third-order valence-electron chi connectivity index (χ3n) is 6.40. The first-order chi connectivity index (χ1) is 7.68. The highest BCUT2D eigenvalue weighted by molar-refractivity contribution is 5.18. The summed E-state index contributed by atoms with van der Waals surface area (Å²) in [6, 6.07) is 0. The van der Waals surface area contributed by atoms with Gasteiger partial charge in [0.25, 0.3) is 0 Å². The molecule has 3 saturated carbocycles. The van der Waals surface area contributed by atoms with Gasteiger partial charge >= 0.3 is 0 Å². The van der Waals surface area contributed by atoms with Crippen LogP contribution in [0.4, 0.5) is 0 Å². The molecule has 0 radical (unpaired) electrons. The standard InChI is InChI=1S/C15H26O2/c1-13(2)9-5-7-14(3,16)10-6-8-15(4,17)12(10)11(9)13/h9-12,16-17H,5-8H2,1-4H3/t9-,10-,11+,12+,14+,15-/m0/s1. The number of aliphatic hydroxyl groups is 2. The Balaban J connectivity index is 1.99. The molecule has 2 heteroatoms. The fraction of sp³-hybridized carbons (Fsp3) is 1.00. The van der Waals surface area contributed by atoms with E-state index >= 15 is 0 Å². The lowest BCUT2D eigenvalue weighted by Crippen LogP contribution is -2.43. The third kappa shape index (κ3) is 1.46. The lowest BCUT2D eigenvalue weighted by Gasteiger charge is -2.37. The van der Waals surface area contributed by atoms with Crippen molar-refractivity contribution in [2.45, 2.75) is 64.6 Å². The van der Waals surface area contributed by atoms with Crippen LogP contribution < -0.4 is 0 Å². The van der Waals surface area contributed by atoms with Crippen LogP contribution in [0.2, 0.25) is 0 Å². The van der Waals surface area contributed by atoms with Gasteiger partial charge < -0.3 is 10.2 Å². The lowest BCUT2D eigenvalue weighted by atomic mass is 9.73. The molecule has 17 heavy (non-hydrogen) atoms. The molecule has 3 rings (SSSR count). The van der Waals surface area contributed by atoms with Crippen LogP contribution in [0.1, 0.15) is 53.4 Å². The molecule has 98 valence electrons. The Morgan fingerprint density at radius 2 is 1.29 bits per heavy atom. The van der Waals surface area contributed by atoms with E-state index in [0.717, 1.165) is 25.7 Å². The molecule has 0 unspecified atom stereocenters. The Kier molecular flexibility index (Phi) is 2.17. The predicted octanol–water partition coefficient (Wildman–Crippen LogP) is 2.58. The van der Waals surface area contributed by atoms with Gasteiger partial charge in [-0.25, -0.2) is 0 Å². The predicted molar refractivity (Wildman–Crippen MR) is 67.5 cm³/mol. The average Bonchev–Trinajstić information content (AvgIpc) is 2.59. The van der Waals surface area contributed by atoms with E-state index in [0.29, 0.717) is 29.1 Å². The highest BCUT2D eigenvalue weighted by atomic mass is 16.3. The van der Waals surface area contributed by atoms with E-state index in [1.807, 2.05) is 13.8 Å². The molecular formula is C15H26O2. The van der Waals surface area contributed by atoms with E-state index in [9.17, 15) is 10.2 Å². The van der Waals surface area contributed by atoms with Crippen LogP contribution in [0.25, 0.3) is 0 Å². The fourth-order valence-electron chi connectivity index (χ4n) is 5.25. The highest BCUT2D eigenvalue weighted by Gasteiger charge is 2.69. The molecule has 0 aromatic heterocycles. The Morgan fingerprint density at radius 3 is 1.94 bits per heavy atom. The van der Waals surface area contributed by atoms with Crippen LogP contribution in [0, 0.1) is 29.1 Å². The van der Waals surface area contributed by atoms with Gasteiger partial charge in [0.2, 0.25) is 0 Å². The molecule has 0 spiro atoms. The normalized spacial score (nSPS) is 60.4. The molecule has 3 fully saturated rings. The summed E-state index contributed by atoms with van der Waals surface area (Å²) in [5, 5.41) is 21.3. The van der Waals surface area contributed by atoms with E-state index in [1.165, 1.54) is 0 Å². The molecule has 2 nitrogen and oxygen atoms in total. The summed E-state index contributed by atoms with van der Waals surface area (Å²) in [7, 11) is 0. The van der Waals surface area contributed by atoms with Gasteiger partial charge in [-0.3, -0.25) is 0 Å². The maximum atomic E-state index is 10.7. The summed E-state index contributed by atoms with van der Waals surface area (Å²) in [4.78, 5) is 0. The molecule has 3 aliphatic rings. The molecule has 0 aromatic rings. The zero-order valence-electron chi connectivity index (χ0n) is 11.5. The zero-order valence-corrected chi connectivity index (χ0v) is 11.5. The second-order valence-corrected chi connectivity index (χ2v) is 7.88. The smallest absolute Gasteiger partial charge is 0.0654 e. The zero-order chi connectivity index (χ0) is 12.6. The van der Waals surface area contributed by atoms with Crippen LogP contribution >= 0.6 is 0 Å². The minimum atomic E-state index is -0.561. The minimum Gasteiger partial charge on any atom is -0.390 e. The summed E-state index contributed by atoms with van der Waals surface area (Å²) in [5.74, 6) is 1.95. The van der Waals surface area contributed by atoms with Gasteiger partial charge in [0.1, 0.15) is 0 Å². The van der Waals surface area contributed by atoms with Crippen molar-refractivity contribution in [3.8, 4) is 0 Å². The number of rotatable bonds is 0. The van der Waals surface area contributed by atoms with E-state index in [2.05, 4.69) is 13.8 Å². The average molecular weight is 238 g/mol. The van der Waals surface area contributed by atoms with Gasteiger partial charge in [-0.1, -0.05) is 13.8 Å². The molecule has 0 aliphatic heterocycles. The van der Waals surface area contributed by atoms with Crippen LogP contribution in [0.15, 0.2) is 0 Å². The van der Waals surface area contributed by atoms with Crippen molar-refractivity contribution in [2.75, 3.05) is 0 Å². The SMILES string of the molecule is CC1(C)[C@H]2[C@H]3[C@H](CC[C@]3(C)O)[C@](C)(O)CC[C@@H]21. The van der Waals surface area contributed by atoms with Crippen molar-refractivity contribution in [2.24, 2.45) is 29.1 Å². The van der Waals surface area contributed by atoms with Crippen molar-refractivity contribution in [1.29, 1.82) is 0 Å². The van der Waals surface area contributed by atoms with Crippen LogP contribution in [0.5, 0.6) is 0 Å². The molecule has 0 bridgehead atoms. The Morgan fingerprint density at radius 1 is 0.765 bits per heavy atom. The number of hydrogen-bond acceptors (Lipinski definition) is 2. The maximum Gasteiger partial charge on any atom is 0.0654 e. The van der Waals surface area contributed by atoms with Gasteiger partial charge in [-0.2, -0.15) is 0 Å². The lowest BCUT2D eigenvalue weighted by molar-refractivity contribution is -0.0663. The second kappa shape index (κ2) is 3.08. The van der Waals surface area contributed by atoms with Gasteiger partial charge in [-0.05, 0) is 68.6 Å². The van der Waals surface area contributed by atoms with Crippen molar-refractivity contribution < 1.29 is 10.2 Å². The van der Waals surface area contributed by atoms with Crippen molar-refractivity contribution in [3.05, 3.63) is 0 Å². The molecule has 0 amide bonds. The van der Waals surface area contributed by atoms with Crippen LogP contribution in [-0.4, -0.2) is 21.4 Å². The third-order valence-corrected chi connectivity index (χ3v) is 6.40. The van der Waals surface area contributed by atoms with Crippen molar-refractivity contribution >= 4 is 0 Å². The van der Waals surface area contributed by atoms with Crippen molar-refractivity contribution in [1.82, 2.24) is 0 Å². The maximum absolute atomic E-state index is 10.7. The number of fused-ring (bicyclic) bond motifs is 3. The summed E-state index contributed by atoms with van der Waals surface area (Å²) >= 11 is 0. The second-order valence-electron chi connectivity index (χ2n) is 7.88. The minimum absolute atomic E-state index is 0.300. The molecule has 0 heterocycles. The summed E-state index contributed by atoms with van der Waals surface area (Å²) in [6.07, 6.45) is 3.89. The number of hydrogen-bond donors (Lipinski definition) is 2. The summed E-state index contributed by atoms with van der Waals surface area (Å²) < 4.78 is 0. The van der Waals surface area contributed by atoms with E-state index < -0.39 is 11.2 Å². The Bertz CT molecular complexity index is 343. The van der Waals surface area contributed by atoms with E-state index in [-0.39, 0.29) is 0 Å². The molecule has 0 saturated heterocycles. The largest absolute Gasteiger partial charge is 0.390 e. The van der Waals surface area contributed by atoms with E-state index in [4.69, 9.17) is 0 Å². The first kappa shape index (κ1) is 12.0. The molecule has 2 N–H and O–H groups in total. The van der Waals surface area contributed by atoms with Gasteiger partial charge in [-0.15, -0.1) is 0 Å². The first-order valence-corrected chi connectivity index (χ1v) is 7.13. The fourth-order valence-corrected chi connectivity index (χ4v) is 5.25. The quantitative estimate of drug-likeness (QED) is 0.681. The summed E-state index contributed by atoms with van der Waals surface area (Å²) in [6.45, 7) is 8.66. The van der Waals surface area contributed by atoms with Crippen LogP contribution in [0.3, 0.4) is 0 Å². The first-order valence-electron chi connectivity index (χ1n) is 7.13. The summed E-state index contributed by atoms with van der Waals surface area (Å²) in [5.41, 5.74) is -0.738. The molecule has 0 aromatic carbocycles. The Hall–Kier alpha value is -0.0800. The highest BCUT2D eigenvalue weighted by Crippen LogP contribution is 2.71. The van der Waals surface area contributed by atoms with Gasteiger partial charge in [0.15, 0.2) is 0 Å². The van der Waals surface area contributed by atoms with E-state index in [1.54, 1.807) is 0 Å². The molecular weight excluding hydrogens is 212 g/mol. The van der Waals surface area contributed by atoms with Crippen LogP contribution in [-0.2, 0) is 0 Å². The Labute approximate surface area is 104 Å². The molecule has 3 aliphatic carbocycles. The van der Waals surface area contributed by atoms with Gasteiger partial charge in [0, 0.05) is 0 Å². The topological polar surface area (TPSA) is 40.5 Å². The molecule has 6 atom stereocenters.